The molecule has 0 aliphatic carbocycles. The number of imide groups is 1. The lowest BCUT2D eigenvalue weighted by molar-refractivity contribution is -0.135. The van der Waals surface area contributed by atoms with Crippen LogP contribution in [0.3, 0.4) is 0 Å². The highest BCUT2D eigenvalue weighted by atomic mass is 19.1. The zero-order valence-corrected chi connectivity index (χ0v) is 13.7. The molecule has 1 fully saturated rings. The summed E-state index contributed by atoms with van der Waals surface area (Å²) in [6.07, 6.45) is 0.693. The topological polar surface area (TPSA) is 78.5 Å². The van der Waals surface area contributed by atoms with E-state index in [1.807, 2.05) is 6.92 Å². The normalized spacial score (nSPS) is 21.6. The van der Waals surface area contributed by atoms with Crippen molar-refractivity contribution in [3.8, 4) is 0 Å². The largest absolute Gasteiger partial charge is 0.352 e. The van der Waals surface area contributed by atoms with Crippen LogP contribution in [0.1, 0.15) is 32.8 Å². The van der Waals surface area contributed by atoms with Gasteiger partial charge in [0.25, 0.3) is 5.91 Å². The van der Waals surface area contributed by atoms with Crippen LogP contribution in [0.25, 0.3) is 0 Å². The van der Waals surface area contributed by atoms with Gasteiger partial charge < -0.3 is 10.6 Å². The van der Waals surface area contributed by atoms with E-state index in [2.05, 4.69) is 10.6 Å². The van der Waals surface area contributed by atoms with Crippen LogP contribution in [0, 0.1) is 11.6 Å². The molecule has 0 radical (unpaired) electrons. The predicted octanol–water partition coefficient (Wildman–Crippen LogP) is 1.65. The van der Waals surface area contributed by atoms with Gasteiger partial charge in [-0.2, -0.15) is 0 Å². The van der Waals surface area contributed by atoms with E-state index in [0.29, 0.717) is 11.3 Å². The number of benzene rings is 1. The van der Waals surface area contributed by atoms with Crippen molar-refractivity contribution >= 4 is 17.8 Å². The molecule has 1 aliphatic rings. The van der Waals surface area contributed by atoms with Crippen molar-refractivity contribution in [3.63, 3.8) is 0 Å². The fraction of sp³-hybridized carbons (Fsp3) is 0.438. The van der Waals surface area contributed by atoms with Crippen molar-refractivity contribution in [2.24, 2.45) is 0 Å². The molecule has 2 rings (SSSR count). The molecule has 0 aromatic heterocycles. The van der Waals surface area contributed by atoms with Crippen molar-refractivity contribution < 1.29 is 23.2 Å². The second kappa shape index (κ2) is 6.54. The Labute approximate surface area is 138 Å². The molecule has 0 saturated carbocycles. The fourth-order valence-corrected chi connectivity index (χ4v) is 2.47. The first-order valence-electron chi connectivity index (χ1n) is 7.58. The van der Waals surface area contributed by atoms with Gasteiger partial charge in [-0.05, 0) is 38.5 Å². The van der Waals surface area contributed by atoms with E-state index in [4.69, 9.17) is 0 Å². The molecule has 0 bridgehead atoms. The molecule has 8 heteroatoms. The molecule has 1 heterocycles. The number of hydrogen-bond donors (Lipinski definition) is 2. The molecule has 1 aromatic rings. The Morgan fingerprint density at radius 1 is 1.38 bits per heavy atom. The van der Waals surface area contributed by atoms with Gasteiger partial charge in [0.15, 0.2) is 0 Å². The summed E-state index contributed by atoms with van der Waals surface area (Å²) in [7, 11) is 0. The van der Waals surface area contributed by atoms with Gasteiger partial charge in [0.1, 0.15) is 23.7 Å². The molecule has 1 aliphatic heterocycles. The molecule has 2 N–H and O–H groups in total. The second-order valence-corrected chi connectivity index (χ2v) is 5.95. The molecular weight excluding hydrogens is 320 g/mol. The van der Waals surface area contributed by atoms with Crippen LogP contribution in [0.5, 0.6) is 0 Å². The Morgan fingerprint density at radius 2 is 2.04 bits per heavy atom. The van der Waals surface area contributed by atoms with Gasteiger partial charge in [-0.1, -0.05) is 6.92 Å². The average Bonchev–Trinajstić information content (AvgIpc) is 2.73. The summed E-state index contributed by atoms with van der Waals surface area (Å²) in [5.74, 6) is -2.87. The van der Waals surface area contributed by atoms with E-state index in [1.165, 1.54) is 6.92 Å². The van der Waals surface area contributed by atoms with Gasteiger partial charge in [0, 0.05) is 11.6 Å². The maximum absolute atomic E-state index is 14.0. The second-order valence-electron chi connectivity index (χ2n) is 5.95. The van der Waals surface area contributed by atoms with Crippen LogP contribution in [-0.2, 0) is 15.1 Å². The van der Waals surface area contributed by atoms with Crippen LogP contribution < -0.4 is 10.6 Å². The lowest BCUT2D eigenvalue weighted by Crippen LogP contribution is -2.45. The Kier molecular flexibility index (Phi) is 4.86. The van der Waals surface area contributed by atoms with Gasteiger partial charge in [-0.15, -0.1) is 0 Å². The Bertz CT molecular complexity index is 695. The van der Waals surface area contributed by atoms with Gasteiger partial charge in [0.05, 0.1) is 0 Å². The number of carbonyl (C=O) groups is 3. The average molecular weight is 339 g/mol. The number of halogens is 2. The molecule has 6 nitrogen and oxygen atoms in total. The third kappa shape index (κ3) is 3.22. The smallest absolute Gasteiger partial charge is 0.325 e. The molecular formula is C16H19F2N3O3. The zero-order valence-electron chi connectivity index (χ0n) is 13.7. The summed E-state index contributed by atoms with van der Waals surface area (Å²) >= 11 is 0. The van der Waals surface area contributed by atoms with Crippen molar-refractivity contribution in [3.05, 3.63) is 35.4 Å². The minimum atomic E-state index is -1.76. The maximum atomic E-state index is 14.0. The third-order valence-corrected chi connectivity index (χ3v) is 4.06. The summed E-state index contributed by atoms with van der Waals surface area (Å²) in [6, 6.07) is 1.72. The first-order valence-corrected chi connectivity index (χ1v) is 7.58. The summed E-state index contributed by atoms with van der Waals surface area (Å²) < 4.78 is 27.4. The summed E-state index contributed by atoms with van der Waals surface area (Å²) in [6.45, 7) is 4.46. The van der Waals surface area contributed by atoms with Crippen molar-refractivity contribution in [1.29, 1.82) is 0 Å². The predicted molar refractivity (Wildman–Crippen MR) is 81.9 cm³/mol. The van der Waals surface area contributed by atoms with Gasteiger partial charge in [-0.3, -0.25) is 14.5 Å². The molecule has 4 amide bonds. The van der Waals surface area contributed by atoms with Gasteiger partial charge in [0.2, 0.25) is 5.91 Å². The van der Waals surface area contributed by atoms with E-state index in [0.717, 1.165) is 18.2 Å². The first-order chi connectivity index (χ1) is 11.2. The van der Waals surface area contributed by atoms with E-state index >= 15 is 0 Å². The number of urea groups is 1. The number of carbonyl (C=O) groups excluding carboxylic acids is 3. The van der Waals surface area contributed by atoms with Crippen molar-refractivity contribution in [2.75, 3.05) is 6.54 Å². The van der Waals surface area contributed by atoms with Crippen LogP contribution in [0.4, 0.5) is 13.6 Å². The highest BCUT2D eigenvalue weighted by molar-refractivity contribution is 6.09. The Morgan fingerprint density at radius 3 is 2.67 bits per heavy atom. The minimum absolute atomic E-state index is 0.106. The number of hydrogen-bond acceptors (Lipinski definition) is 3. The molecule has 130 valence electrons. The van der Waals surface area contributed by atoms with Crippen LogP contribution in [0.2, 0.25) is 0 Å². The van der Waals surface area contributed by atoms with E-state index < -0.39 is 41.6 Å². The zero-order chi connectivity index (χ0) is 18.1. The van der Waals surface area contributed by atoms with Crippen LogP contribution in [-0.4, -0.2) is 35.3 Å². The Balaban J connectivity index is 2.24. The van der Waals surface area contributed by atoms with Gasteiger partial charge >= 0.3 is 6.03 Å². The molecule has 2 atom stereocenters. The summed E-state index contributed by atoms with van der Waals surface area (Å²) in [5, 5.41) is 4.98. The van der Waals surface area contributed by atoms with Gasteiger partial charge in [-0.25, -0.2) is 13.6 Å². The highest BCUT2D eigenvalue weighted by Gasteiger charge is 2.50. The van der Waals surface area contributed by atoms with Crippen molar-refractivity contribution in [2.45, 2.75) is 38.8 Å². The molecule has 0 unspecified atom stereocenters. The van der Waals surface area contributed by atoms with E-state index in [1.54, 1.807) is 6.92 Å². The molecule has 1 saturated heterocycles. The van der Waals surface area contributed by atoms with E-state index in [-0.39, 0.29) is 11.6 Å². The fourth-order valence-electron chi connectivity index (χ4n) is 2.47. The third-order valence-electron chi connectivity index (χ3n) is 4.06. The van der Waals surface area contributed by atoms with Crippen molar-refractivity contribution in [1.82, 2.24) is 15.5 Å². The molecule has 0 spiro atoms. The maximum Gasteiger partial charge on any atom is 0.325 e. The monoisotopic (exact) mass is 339 g/mol. The SMILES string of the molecule is CC[C@H](C)NC(=O)CN1C(=O)N[C@@](C)(c2cc(F)ccc2F)C1=O. The molecule has 24 heavy (non-hydrogen) atoms. The summed E-state index contributed by atoms with van der Waals surface area (Å²) in [4.78, 5) is 37.2. The Hall–Kier alpha value is -2.51. The number of nitrogens with zero attached hydrogens (tertiary/aromatic N) is 1. The quantitative estimate of drug-likeness (QED) is 0.801. The summed E-state index contributed by atoms with van der Waals surface area (Å²) in [5.41, 5.74) is -2.05. The van der Waals surface area contributed by atoms with Crippen LogP contribution in [0.15, 0.2) is 18.2 Å². The number of nitrogens with one attached hydrogen (secondary N) is 2. The lowest BCUT2D eigenvalue weighted by atomic mass is 9.91. The number of amides is 4. The van der Waals surface area contributed by atoms with Crippen LogP contribution >= 0.6 is 0 Å². The number of rotatable bonds is 5. The minimum Gasteiger partial charge on any atom is -0.352 e. The lowest BCUT2D eigenvalue weighted by Gasteiger charge is -2.23. The van der Waals surface area contributed by atoms with E-state index in [9.17, 15) is 23.2 Å². The highest BCUT2D eigenvalue weighted by Crippen LogP contribution is 2.31. The first kappa shape index (κ1) is 17.8. The standard InChI is InChI=1S/C16H19F2N3O3/c1-4-9(2)19-13(22)8-21-14(23)16(3,20-15(21)24)11-7-10(17)5-6-12(11)18/h5-7,9H,4,8H2,1-3H3,(H,19,22)(H,20,24)/t9-,16-/m0/s1. The molecule has 1 aromatic carbocycles.